The molecule has 3 aromatic heterocycles. The molecule has 0 saturated carbocycles. The van der Waals surface area contributed by atoms with Crippen LogP contribution in [0.25, 0.3) is 11.1 Å². The van der Waals surface area contributed by atoms with Crippen LogP contribution in [0.2, 0.25) is 0 Å². The van der Waals surface area contributed by atoms with Crippen molar-refractivity contribution in [3.8, 4) is 11.1 Å². The molecule has 0 spiro atoms. The highest BCUT2D eigenvalue weighted by Crippen LogP contribution is 2.33. The number of nitrogens with zero attached hydrogens (tertiary/aromatic N) is 3. The molecule has 0 radical (unpaired) electrons. The van der Waals surface area contributed by atoms with E-state index in [4.69, 9.17) is 0 Å². The Kier molecular flexibility index (Phi) is 8.11. The first-order valence-corrected chi connectivity index (χ1v) is 15.9. The number of carbonyl (C=O) groups excluding carboxylic acids is 1. The lowest BCUT2D eigenvalue weighted by molar-refractivity contribution is 0.0351. The number of carbonyl (C=O) groups is 1. The van der Waals surface area contributed by atoms with Gasteiger partial charge < -0.3 is 25.2 Å². The SMILES string of the molecule is Cc1c(NC(=O)c2cc3c(s2)CCCCC3)cccc1-c1cc(Nc2ccc(N3CCC(C)(O)CC3)cn2)c(=O)n(C)c1. The number of fused-ring (bicyclic) bond motifs is 1. The van der Waals surface area contributed by atoms with E-state index in [2.05, 4.69) is 26.6 Å². The van der Waals surface area contributed by atoms with Crippen molar-refractivity contribution in [2.75, 3.05) is 28.6 Å². The second-order valence-corrected chi connectivity index (χ2v) is 13.3. The molecular formula is C34H39N5O3S. The number of piperidine rings is 1. The number of nitrogens with one attached hydrogen (secondary N) is 2. The van der Waals surface area contributed by atoms with Crippen LogP contribution in [-0.4, -0.2) is 39.3 Å². The lowest BCUT2D eigenvalue weighted by atomic mass is 9.94. The molecule has 2 aliphatic rings. The van der Waals surface area contributed by atoms with Gasteiger partial charge in [-0.2, -0.15) is 0 Å². The molecule has 1 fully saturated rings. The number of aliphatic hydroxyl groups is 1. The summed E-state index contributed by atoms with van der Waals surface area (Å²) in [5.41, 5.74) is 5.45. The van der Waals surface area contributed by atoms with E-state index in [-0.39, 0.29) is 11.5 Å². The van der Waals surface area contributed by atoms with E-state index in [1.54, 1.807) is 29.1 Å². The maximum absolute atomic E-state index is 13.3. The van der Waals surface area contributed by atoms with Crippen molar-refractivity contribution in [1.82, 2.24) is 9.55 Å². The predicted octanol–water partition coefficient (Wildman–Crippen LogP) is 6.43. The van der Waals surface area contributed by atoms with E-state index >= 15 is 0 Å². The smallest absolute Gasteiger partial charge is 0.274 e. The summed E-state index contributed by atoms with van der Waals surface area (Å²) in [6.45, 7) is 5.43. The fourth-order valence-electron chi connectivity index (χ4n) is 6.03. The molecule has 9 heteroatoms. The molecular weight excluding hydrogens is 558 g/mol. The van der Waals surface area contributed by atoms with Crippen LogP contribution < -0.4 is 21.1 Å². The zero-order chi connectivity index (χ0) is 30.1. The van der Waals surface area contributed by atoms with Crippen molar-refractivity contribution in [1.29, 1.82) is 0 Å². The molecule has 1 aliphatic heterocycles. The highest BCUT2D eigenvalue weighted by Gasteiger charge is 2.27. The third kappa shape index (κ3) is 6.38. The van der Waals surface area contributed by atoms with Gasteiger partial charge in [0, 0.05) is 42.5 Å². The van der Waals surface area contributed by atoms with Crippen molar-refractivity contribution in [3.05, 3.63) is 86.1 Å². The molecule has 1 aliphatic carbocycles. The Hall–Kier alpha value is -3.95. The van der Waals surface area contributed by atoms with Gasteiger partial charge in [0.2, 0.25) is 0 Å². The van der Waals surface area contributed by atoms with Crippen LogP contribution in [0.1, 0.15) is 64.7 Å². The van der Waals surface area contributed by atoms with Gasteiger partial charge in [-0.15, -0.1) is 11.3 Å². The van der Waals surface area contributed by atoms with E-state index in [1.165, 1.54) is 29.7 Å². The summed E-state index contributed by atoms with van der Waals surface area (Å²) in [4.78, 5) is 35.2. The molecule has 4 heterocycles. The lowest BCUT2D eigenvalue weighted by Crippen LogP contribution is -2.42. The van der Waals surface area contributed by atoms with E-state index in [0.717, 1.165) is 71.7 Å². The average molecular weight is 598 g/mol. The van der Waals surface area contributed by atoms with Crippen LogP contribution in [0.4, 0.5) is 22.9 Å². The zero-order valence-corrected chi connectivity index (χ0v) is 25.9. The Labute approximate surface area is 256 Å². The molecule has 8 nitrogen and oxygen atoms in total. The molecule has 4 aromatic rings. The van der Waals surface area contributed by atoms with Gasteiger partial charge in [-0.3, -0.25) is 9.59 Å². The highest BCUT2D eigenvalue weighted by molar-refractivity contribution is 7.14. The molecule has 43 heavy (non-hydrogen) atoms. The number of benzene rings is 1. The number of thiophene rings is 1. The van der Waals surface area contributed by atoms with Gasteiger partial charge in [-0.25, -0.2) is 4.98 Å². The number of pyridine rings is 2. The molecule has 0 bridgehead atoms. The minimum atomic E-state index is -0.608. The summed E-state index contributed by atoms with van der Waals surface area (Å²) in [6.07, 6.45) is 10.8. The molecule has 1 aromatic carbocycles. The van der Waals surface area contributed by atoms with E-state index < -0.39 is 5.60 Å². The monoisotopic (exact) mass is 597 g/mol. The Bertz CT molecular complexity index is 1670. The Morgan fingerprint density at radius 3 is 2.60 bits per heavy atom. The number of rotatable bonds is 6. The molecule has 224 valence electrons. The minimum Gasteiger partial charge on any atom is -0.390 e. The van der Waals surface area contributed by atoms with Crippen LogP contribution in [0, 0.1) is 6.92 Å². The van der Waals surface area contributed by atoms with Crippen molar-refractivity contribution >= 4 is 40.1 Å². The third-order valence-electron chi connectivity index (χ3n) is 8.76. The third-order valence-corrected chi connectivity index (χ3v) is 10.00. The number of hydrogen-bond acceptors (Lipinski definition) is 7. The fourth-order valence-corrected chi connectivity index (χ4v) is 7.18. The quantitative estimate of drug-likeness (QED) is 0.222. The minimum absolute atomic E-state index is 0.0782. The van der Waals surface area contributed by atoms with Crippen molar-refractivity contribution in [3.63, 3.8) is 0 Å². The maximum atomic E-state index is 13.3. The standard InChI is InChI=1S/C34H39N5O3S/c1-22-26(9-7-10-27(22)37-32(40)30-19-23-8-5-4-6-11-29(23)43-30)24-18-28(33(41)38(3)21-24)36-31-13-12-25(20-35-31)39-16-14-34(2,42)15-17-39/h7,9-10,12-13,18-21,42H,4-6,8,11,14-17H2,1-3H3,(H,35,36)(H,37,40). The first kappa shape index (κ1) is 29.1. The van der Waals surface area contributed by atoms with Gasteiger partial charge in [-0.1, -0.05) is 18.6 Å². The van der Waals surface area contributed by atoms with E-state index in [9.17, 15) is 14.7 Å². The fraction of sp³-hybridized carbons (Fsp3) is 0.382. The molecule has 0 unspecified atom stereocenters. The Morgan fingerprint density at radius 1 is 1.05 bits per heavy atom. The topological polar surface area (TPSA) is 99.5 Å². The van der Waals surface area contributed by atoms with Crippen LogP contribution in [0.5, 0.6) is 0 Å². The summed E-state index contributed by atoms with van der Waals surface area (Å²) >= 11 is 1.62. The summed E-state index contributed by atoms with van der Waals surface area (Å²) in [7, 11) is 1.74. The van der Waals surface area contributed by atoms with Crippen LogP contribution in [0.15, 0.2) is 59.7 Å². The first-order chi connectivity index (χ1) is 20.7. The normalized spacial score (nSPS) is 16.3. The van der Waals surface area contributed by atoms with Crippen molar-refractivity contribution < 1.29 is 9.90 Å². The lowest BCUT2D eigenvalue weighted by Gasteiger charge is -2.37. The number of aromatic nitrogens is 2. The van der Waals surface area contributed by atoms with Gasteiger partial charge in [0.05, 0.1) is 22.4 Å². The molecule has 3 N–H and O–H groups in total. The average Bonchev–Trinajstić information content (AvgIpc) is 3.27. The van der Waals surface area contributed by atoms with Crippen molar-refractivity contribution in [2.45, 2.75) is 64.4 Å². The Balaban J connectivity index is 1.20. The summed E-state index contributed by atoms with van der Waals surface area (Å²) in [5, 5.41) is 16.6. The zero-order valence-electron chi connectivity index (χ0n) is 25.1. The molecule has 0 atom stereocenters. The summed E-state index contributed by atoms with van der Waals surface area (Å²) in [5.74, 6) is 0.500. The van der Waals surface area contributed by atoms with E-state index in [0.29, 0.717) is 11.5 Å². The molecule has 1 amide bonds. The highest BCUT2D eigenvalue weighted by atomic mass is 32.1. The Morgan fingerprint density at radius 2 is 1.84 bits per heavy atom. The molecule has 1 saturated heterocycles. The second-order valence-electron chi connectivity index (χ2n) is 12.1. The van der Waals surface area contributed by atoms with Gasteiger partial charge in [0.25, 0.3) is 11.5 Å². The van der Waals surface area contributed by atoms with Crippen LogP contribution in [0.3, 0.4) is 0 Å². The second kappa shape index (κ2) is 12.0. The number of anilines is 4. The van der Waals surface area contributed by atoms with Gasteiger partial charge in [0.1, 0.15) is 11.5 Å². The molecule has 6 rings (SSSR count). The van der Waals surface area contributed by atoms with Gasteiger partial charge in [-0.05, 0) is 99.4 Å². The maximum Gasteiger partial charge on any atom is 0.274 e. The summed E-state index contributed by atoms with van der Waals surface area (Å²) < 4.78 is 1.56. The van der Waals surface area contributed by atoms with Gasteiger partial charge in [0.15, 0.2) is 0 Å². The first-order valence-electron chi connectivity index (χ1n) is 15.1. The predicted molar refractivity (Wildman–Crippen MR) is 175 cm³/mol. The van der Waals surface area contributed by atoms with Crippen molar-refractivity contribution in [2.24, 2.45) is 7.05 Å². The number of hydrogen-bond donors (Lipinski definition) is 3. The largest absolute Gasteiger partial charge is 0.390 e. The van der Waals surface area contributed by atoms with E-state index in [1.807, 2.05) is 56.4 Å². The summed E-state index contributed by atoms with van der Waals surface area (Å²) in [6, 6.07) is 13.6. The number of amides is 1. The van der Waals surface area contributed by atoms with Crippen LogP contribution >= 0.6 is 11.3 Å². The van der Waals surface area contributed by atoms with Gasteiger partial charge >= 0.3 is 0 Å². The number of aryl methyl sites for hydroxylation is 3. The van der Waals surface area contributed by atoms with Crippen LogP contribution in [-0.2, 0) is 19.9 Å².